The van der Waals surface area contributed by atoms with Crippen molar-refractivity contribution in [3.05, 3.63) is 90.6 Å². The summed E-state index contributed by atoms with van der Waals surface area (Å²) < 4.78 is 49.4. The monoisotopic (exact) mass is 555 g/mol. The molecular formula is C26H26FN5O6S. The fourth-order valence-corrected chi connectivity index (χ4v) is 4.99. The van der Waals surface area contributed by atoms with E-state index in [4.69, 9.17) is 4.18 Å². The van der Waals surface area contributed by atoms with Crippen molar-refractivity contribution in [2.45, 2.75) is 32.7 Å². The number of anilines is 2. The highest BCUT2D eigenvalue weighted by Gasteiger charge is 2.31. The molecule has 0 aliphatic heterocycles. The van der Waals surface area contributed by atoms with E-state index in [2.05, 4.69) is 5.32 Å². The molecule has 2 aromatic heterocycles. The van der Waals surface area contributed by atoms with Crippen LogP contribution in [0.3, 0.4) is 0 Å². The van der Waals surface area contributed by atoms with Gasteiger partial charge in [-0.05, 0) is 56.5 Å². The van der Waals surface area contributed by atoms with Gasteiger partial charge in [-0.15, -0.1) is 0 Å². The molecule has 1 aliphatic rings. The highest BCUT2D eigenvalue weighted by molar-refractivity contribution is 7.85. The van der Waals surface area contributed by atoms with Crippen LogP contribution in [-0.2, 0) is 17.4 Å². The topological polar surface area (TPSA) is 133 Å². The van der Waals surface area contributed by atoms with Gasteiger partial charge in [-0.25, -0.2) is 9.18 Å². The van der Waals surface area contributed by atoms with E-state index in [0.29, 0.717) is 18.4 Å². The molecule has 2 heterocycles. The molecule has 0 radical (unpaired) electrons. The largest absolute Gasteiger partial charge is 0.382 e. The van der Waals surface area contributed by atoms with Crippen molar-refractivity contribution in [1.82, 2.24) is 18.4 Å². The zero-order chi connectivity index (χ0) is 28.2. The van der Waals surface area contributed by atoms with Gasteiger partial charge in [0.2, 0.25) is 0 Å². The van der Waals surface area contributed by atoms with E-state index in [-0.39, 0.29) is 45.5 Å². The Morgan fingerprint density at radius 1 is 1.03 bits per heavy atom. The van der Waals surface area contributed by atoms with Gasteiger partial charge in [0.05, 0.1) is 16.9 Å². The van der Waals surface area contributed by atoms with Gasteiger partial charge in [0.15, 0.2) is 0 Å². The van der Waals surface area contributed by atoms with Gasteiger partial charge in [-0.2, -0.15) is 13.1 Å². The predicted molar refractivity (Wildman–Crippen MR) is 145 cm³/mol. The summed E-state index contributed by atoms with van der Waals surface area (Å²) in [6.07, 6.45) is 1.23. The van der Waals surface area contributed by atoms with Crippen molar-refractivity contribution >= 4 is 32.7 Å². The van der Waals surface area contributed by atoms with Crippen LogP contribution in [0.4, 0.5) is 15.9 Å². The maximum atomic E-state index is 14.8. The zero-order valence-electron chi connectivity index (χ0n) is 21.6. The zero-order valence-corrected chi connectivity index (χ0v) is 22.4. The first-order valence-corrected chi connectivity index (χ1v) is 13.5. The SMILES string of the molecule is CNS(=O)(=O)Oc1cccc(-n2c(=O)n(C3CC3)c(=O)c3c(Nc4ccc(C)cc4F)n(C)c(=O)c(C)c32)c1. The Hall–Kier alpha value is -4.23. The maximum Gasteiger partial charge on any atom is 0.382 e. The standard InChI is InChI=1S/C26H26FN5O6S/c1-14-8-11-20(19(27)12-14)29-23-21-22(15(2)24(33)30(23)4)31(26(35)32(25(21)34)16-9-10-16)17-6-5-7-18(13-17)38-39(36,37)28-3/h5-8,11-13,16,28-29H,9-10H2,1-4H3. The molecule has 1 fully saturated rings. The molecule has 5 rings (SSSR count). The van der Waals surface area contributed by atoms with E-state index < -0.39 is 32.9 Å². The van der Waals surface area contributed by atoms with Crippen LogP contribution in [0.2, 0.25) is 0 Å². The Morgan fingerprint density at radius 3 is 2.38 bits per heavy atom. The first-order chi connectivity index (χ1) is 18.4. The third kappa shape index (κ3) is 4.63. The first-order valence-electron chi connectivity index (χ1n) is 12.1. The number of halogens is 1. The molecule has 0 bridgehead atoms. The second kappa shape index (κ2) is 9.50. The lowest BCUT2D eigenvalue weighted by molar-refractivity contribution is 0.477. The molecule has 0 saturated heterocycles. The van der Waals surface area contributed by atoms with Crippen LogP contribution in [0.25, 0.3) is 16.6 Å². The molecule has 1 aliphatic carbocycles. The summed E-state index contributed by atoms with van der Waals surface area (Å²) in [7, 11) is -1.46. The average molecular weight is 556 g/mol. The van der Waals surface area contributed by atoms with Crippen molar-refractivity contribution in [3.8, 4) is 11.4 Å². The highest BCUT2D eigenvalue weighted by atomic mass is 32.2. The van der Waals surface area contributed by atoms with E-state index in [0.717, 1.165) is 4.57 Å². The van der Waals surface area contributed by atoms with Gasteiger partial charge < -0.3 is 9.50 Å². The second-order valence-electron chi connectivity index (χ2n) is 9.43. The number of aromatic nitrogens is 3. The Kier molecular flexibility index (Phi) is 6.43. The molecule has 11 nitrogen and oxygen atoms in total. The van der Waals surface area contributed by atoms with Crippen LogP contribution in [0.5, 0.6) is 5.75 Å². The van der Waals surface area contributed by atoms with Gasteiger partial charge >= 0.3 is 16.0 Å². The summed E-state index contributed by atoms with van der Waals surface area (Å²) in [5, 5.41) is 2.91. The van der Waals surface area contributed by atoms with E-state index in [1.54, 1.807) is 13.0 Å². The predicted octanol–water partition coefficient (Wildman–Crippen LogP) is 2.53. The number of hydrogen-bond donors (Lipinski definition) is 2. The molecule has 1 saturated carbocycles. The van der Waals surface area contributed by atoms with Crippen LogP contribution in [-0.4, -0.2) is 29.2 Å². The van der Waals surface area contributed by atoms with Crippen LogP contribution < -0.4 is 31.0 Å². The Balaban J connectivity index is 1.88. The number of rotatable bonds is 7. The number of nitrogens with zero attached hydrogens (tertiary/aromatic N) is 3. The average Bonchev–Trinajstić information content (AvgIpc) is 3.71. The van der Waals surface area contributed by atoms with Crippen LogP contribution >= 0.6 is 0 Å². The number of benzene rings is 2. The minimum Gasteiger partial charge on any atom is -0.371 e. The lowest BCUT2D eigenvalue weighted by Crippen LogP contribution is -2.41. The van der Waals surface area contributed by atoms with Crippen molar-refractivity contribution in [1.29, 1.82) is 0 Å². The first kappa shape index (κ1) is 26.4. The van der Waals surface area contributed by atoms with Crippen molar-refractivity contribution in [2.75, 3.05) is 12.4 Å². The van der Waals surface area contributed by atoms with Crippen LogP contribution in [0.1, 0.15) is 30.0 Å². The van der Waals surface area contributed by atoms with E-state index in [1.165, 1.54) is 66.6 Å². The van der Waals surface area contributed by atoms with Crippen LogP contribution in [0.15, 0.2) is 56.8 Å². The molecule has 0 unspecified atom stereocenters. The fraction of sp³-hybridized carbons (Fsp3) is 0.269. The number of fused-ring (bicyclic) bond motifs is 1. The molecule has 2 aromatic carbocycles. The summed E-state index contributed by atoms with van der Waals surface area (Å²) in [5.41, 5.74) is -0.787. The molecule has 13 heteroatoms. The molecule has 0 spiro atoms. The number of pyridine rings is 1. The summed E-state index contributed by atoms with van der Waals surface area (Å²) in [6.45, 7) is 3.22. The minimum absolute atomic E-state index is 0.00948. The van der Waals surface area contributed by atoms with Crippen molar-refractivity contribution < 1.29 is 17.0 Å². The normalized spacial score (nSPS) is 13.6. The van der Waals surface area contributed by atoms with Gasteiger partial charge in [-0.1, -0.05) is 12.1 Å². The third-order valence-electron chi connectivity index (χ3n) is 6.66. The molecule has 4 aromatic rings. The van der Waals surface area contributed by atoms with Gasteiger partial charge in [0.25, 0.3) is 11.1 Å². The lowest BCUT2D eigenvalue weighted by atomic mass is 10.1. The Labute approximate surface area is 222 Å². The summed E-state index contributed by atoms with van der Waals surface area (Å²) in [4.78, 5) is 41.0. The lowest BCUT2D eigenvalue weighted by Gasteiger charge is -2.21. The van der Waals surface area contributed by atoms with Gasteiger partial charge in [0.1, 0.15) is 22.8 Å². The molecule has 204 valence electrons. The maximum absolute atomic E-state index is 14.8. The second-order valence-corrected chi connectivity index (χ2v) is 10.9. The van der Waals surface area contributed by atoms with Crippen molar-refractivity contribution in [2.24, 2.45) is 7.05 Å². The Morgan fingerprint density at radius 2 is 1.74 bits per heavy atom. The quantitative estimate of drug-likeness (QED) is 0.358. The number of hydrogen-bond acceptors (Lipinski definition) is 7. The smallest absolute Gasteiger partial charge is 0.371 e. The molecule has 39 heavy (non-hydrogen) atoms. The molecular weight excluding hydrogens is 529 g/mol. The van der Waals surface area contributed by atoms with Crippen molar-refractivity contribution in [3.63, 3.8) is 0 Å². The van der Waals surface area contributed by atoms with E-state index in [1.807, 2.05) is 4.72 Å². The molecule has 0 amide bonds. The summed E-state index contributed by atoms with van der Waals surface area (Å²) in [6, 6.07) is 9.89. The molecule has 2 N–H and O–H groups in total. The Bertz CT molecular complexity index is 1940. The van der Waals surface area contributed by atoms with Crippen LogP contribution in [0, 0.1) is 19.7 Å². The minimum atomic E-state index is -4.10. The van der Waals surface area contributed by atoms with Gasteiger partial charge in [0, 0.05) is 31.8 Å². The van der Waals surface area contributed by atoms with Gasteiger partial charge in [-0.3, -0.25) is 23.3 Å². The number of aryl methyl sites for hydroxylation is 2. The number of nitrogens with one attached hydrogen (secondary N) is 2. The third-order valence-corrected chi connectivity index (χ3v) is 7.58. The van der Waals surface area contributed by atoms with E-state index >= 15 is 0 Å². The molecule has 0 atom stereocenters. The summed E-state index contributed by atoms with van der Waals surface area (Å²) >= 11 is 0. The highest BCUT2D eigenvalue weighted by Crippen LogP contribution is 2.34. The van der Waals surface area contributed by atoms with E-state index in [9.17, 15) is 27.2 Å². The summed E-state index contributed by atoms with van der Waals surface area (Å²) in [5.74, 6) is -0.656. The fourth-order valence-electron chi connectivity index (χ4n) is 4.55.